The topological polar surface area (TPSA) is 87.2 Å². The van der Waals surface area contributed by atoms with Gasteiger partial charge in [-0.25, -0.2) is 0 Å². The van der Waals surface area contributed by atoms with Crippen molar-refractivity contribution < 1.29 is 9.59 Å². The third-order valence-corrected chi connectivity index (χ3v) is 4.24. The first-order valence-corrected chi connectivity index (χ1v) is 6.55. The number of hydrogen-bond donors (Lipinski definition) is 1. The van der Waals surface area contributed by atoms with Gasteiger partial charge in [-0.1, -0.05) is 19.3 Å². The Morgan fingerprint density at radius 3 is 2.39 bits per heavy atom. The zero-order valence-electron chi connectivity index (χ0n) is 10.5. The molecule has 2 N–H and O–H groups in total. The van der Waals surface area contributed by atoms with Crippen LogP contribution in [0.4, 0.5) is 0 Å². The van der Waals surface area contributed by atoms with Gasteiger partial charge in [-0.15, -0.1) is 0 Å². The van der Waals surface area contributed by atoms with Crippen LogP contribution in [0.2, 0.25) is 0 Å². The van der Waals surface area contributed by atoms with Gasteiger partial charge in [0.05, 0.1) is 17.4 Å². The van der Waals surface area contributed by atoms with Gasteiger partial charge < -0.3 is 10.6 Å². The largest absolute Gasteiger partial charge is 0.369 e. The molecular weight excluding hydrogens is 230 g/mol. The van der Waals surface area contributed by atoms with E-state index in [0.717, 1.165) is 32.1 Å². The summed E-state index contributed by atoms with van der Waals surface area (Å²) in [6.45, 7) is 1.01. The van der Waals surface area contributed by atoms with Gasteiger partial charge >= 0.3 is 0 Å². The second-order valence-electron chi connectivity index (χ2n) is 5.51. The van der Waals surface area contributed by atoms with Crippen molar-refractivity contribution in [3.63, 3.8) is 0 Å². The summed E-state index contributed by atoms with van der Waals surface area (Å²) in [5.41, 5.74) is 4.87. The van der Waals surface area contributed by atoms with Gasteiger partial charge in [0.1, 0.15) is 0 Å². The summed E-state index contributed by atoms with van der Waals surface area (Å²) < 4.78 is 0. The van der Waals surface area contributed by atoms with Crippen molar-refractivity contribution in [3.05, 3.63) is 0 Å². The van der Waals surface area contributed by atoms with Gasteiger partial charge in [-0.2, -0.15) is 5.26 Å². The molecule has 2 rings (SSSR count). The van der Waals surface area contributed by atoms with E-state index in [1.54, 1.807) is 4.90 Å². The molecule has 0 aromatic carbocycles. The summed E-state index contributed by atoms with van der Waals surface area (Å²) in [6.07, 6.45) is 4.73. The second-order valence-corrected chi connectivity index (χ2v) is 5.51. The predicted molar refractivity (Wildman–Crippen MR) is 65.0 cm³/mol. The first-order valence-electron chi connectivity index (χ1n) is 6.55. The van der Waals surface area contributed by atoms with Crippen LogP contribution in [0.25, 0.3) is 0 Å². The number of likely N-dealkylation sites (tertiary alicyclic amines) is 1. The molecule has 98 valence electrons. The summed E-state index contributed by atoms with van der Waals surface area (Å²) in [5.74, 6) is -0.403. The molecule has 1 saturated heterocycles. The zero-order valence-corrected chi connectivity index (χ0v) is 10.5. The summed E-state index contributed by atoms with van der Waals surface area (Å²) >= 11 is 0. The highest BCUT2D eigenvalue weighted by atomic mass is 16.2. The molecular formula is C13H19N3O2. The third kappa shape index (κ3) is 2.33. The van der Waals surface area contributed by atoms with Crippen LogP contribution < -0.4 is 5.73 Å². The Balaban J connectivity index is 1.95. The fourth-order valence-electron chi connectivity index (χ4n) is 2.90. The molecule has 2 amide bonds. The molecule has 5 nitrogen and oxygen atoms in total. The maximum Gasteiger partial charge on any atom is 0.224 e. The van der Waals surface area contributed by atoms with E-state index >= 15 is 0 Å². The minimum absolute atomic E-state index is 0.0257. The normalized spacial score (nSPS) is 22.9. The van der Waals surface area contributed by atoms with E-state index in [1.165, 1.54) is 0 Å². The summed E-state index contributed by atoms with van der Waals surface area (Å²) in [7, 11) is 0. The molecule has 18 heavy (non-hydrogen) atoms. The van der Waals surface area contributed by atoms with Crippen molar-refractivity contribution in [1.29, 1.82) is 5.26 Å². The van der Waals surface area contributed by atoms with Crippen molar-refractivity contribution in [2.24, 2.45) is 17.1 Å². The van der Waals surface area contributed by atoms with Crippen molar-refractivity contribution in [1.82, 2.24) is 4.90 Å². The Labute approximate surface area is 107 Å². The van der Waals surface area contributed by atoms with Gasteiger partial charge in [0.15, 0.2) is 0 Å². The van der Waals surface area contributed by atoms with Gasteiger partial charge in [-0.3, -0.25) is 9.59 Å². The Hall–Kier alpha value is -1.57. The molecule has 0 atom stereocenters. The van der Waals surface area contributed by atoms with Crippen LogP contribution in [0, 0.1) is 22.7 Å². The fourth-order valence-corrected chi connectivity index (χ4v) is 2.90. The summed E-state index contributed by atoms with van der Waals surface area (Å²) in [5, 5.41) is 8.68. The number of nitrogens with two attached hydrogens (primary N) is 1. The van der Waals surface area contributed by atoms with Crippen molar-refractivity contribution in [2.75, 3.05) is 13.1 Å². The third-order valence-electron chi connectivity index (χ3n) is 4.24. The molecule has 5 heteroatoms. The first-order chi connectivity index (χ1) is 8.57. The quantitative estimate of drug-likeness (QED) is 0.802. The number of nitriles is 1. The molecule has 1 heterocycles. The van der Waals surface area contributed by atoms with Crippen molar-refractivity contribution in [2.45, 2.75) is 38.5 Å². The SMILES string of the molecule is N#CC1CN(C(=O)CC2(C(N)=O)CCCCC2)C1. The van der Waals surface area contributed by atoms with Crippen LogP contribution in [0.5, 0.6) is 0 Å². The van der Waals surface area contributed by atoms with Gasteiger partial charge in [0.25, 0.3) is 0 Å². The molecule has 0 bridgehead atoms. The average molecular weight is 249 g/mol. The number of nitrogens with zero attached hydrogens (tertiary/aromatic N) is 2. The number of carbonyl (C=O) groups is 2. The highest BCUT2D eigenvalue weighted by Crippen LogP contribution is 2.40. The standard InChI is InChI=1S/C13H19N3O2/c14-7-10-8-16(9-10)11(17)6-13(12(15)18)4-2-1-3-5-13/h10H,1-6,8-9H2,(H2,15,18). The number of rotatable bonds is 3. The van der Waals surface area contributed by atoms with E-state index in [4.69, 9.17) is 11.0 Å². The Kier molecular flexibility index (Phi) is 3.55. The number of amides is 2. The molecule has 2 aliphatic rings. The lowest BCUT2D eigenvalue weighted by Crippen LogP contribution is -2.52. The second kappa shape index (κ2) is 4.97. The maximum absolute atomic E-state index is 12.1. The molecule has 0 radical (unpaired) electrons. The highest BCUT2D eigenvalue weighted by molar-refractivity contribution is 5.88. The lowest BCUT2D eigenvalue weighted by Gasteiger charge is -2.39. The monoisotopic (exact) mass is 249 g/mol. The van der Waals surface area contributed by atoms with Gasteiger partial charge in [0, 0.05) is 19.5 Å². The van der Waals surface area contributed by atoms with Crippen LogP contribution in [0.3, 0.4) is 0 Å². The van der Waals surface area contributed by atoms with E-state index in [0.29, 0.717) is 13.1 Å². The number of carbonyl (C=O) groups excluding carboxylic acids is 2. The highest BCUT2D eigenvalue weighted by Gasteiger charge is 2.42. The summed E-state index contributed by atoms with van der Waals surface area (Å²) in [4.78, 5) is 25.4. The molecule has 1 aliphatic carbocycles. The summed E-state index contributed by atoms with van der Waals surface area (Å²) in [6, 6.07) is 2.14. The van der Waals surface area contributed by atoms with E-state index in [2.05, 4.69) is 6.07 Å². The minimum Gasteiger partial charge on any atom is -0.369 e. The molecule has 1 saturated carbocycles. The molecule has 0 spiro atoms. The van der Waals surface area contributed by atoms with Crippen LogP contribution in [-0.2, 0) is 9.59 Å². The number of hydrogen-bond acceptors (Lipinski definition) is 3. The molecule has 0 unspecified atom stereocenters. The van der Waals surface area contributed by atoms with Gasteiger partial charge in [0.2, 0.25) is 11.8 Å². The zero-order chi connectivity index (χ0) is 13.2. The van der Waals surface area contributed by atoms with E-state index < -0.39 is 5.41 Å². The average Bonchev–Trinajstić information content (AvgIpc) is 2.28. The van der Waals surface area contributed by atoms with Crippen molar-refractivity contribution in [3.8, 4) is 6.07 Å². The number of primary amides is 1. The molecule has 0 aromatic rings. The smallest absolute Gasteiger partial charge is 0.224 e. The Bertz CT molecular complexity index is 388. The van der Waals surface area contributed by atoms with Crippen LogP contribution in [0.1, 0.15) is 38.5 Å². The van der Waals surface area contributed by atoms with Crippen LogP contribution >= 0.6 is 0 Å². The molecule has 0 aromatic heterocycles. The molecule has 1 aliphatic heterocycles. The lowest BCUT2D eigenvalue weighted by molar-refractivity contribution is -0.144. The van der Waals surface area contributed by atoms with E-state index in [9.17, 15) is 9.59 Å². The molecule has 2 fully saturated rings. The van der Waals surface area contributed by atoms with E-state index in [1.807, 2.05) is 0 Å². The van der Waals surface area contributed by atoms with Crippen molar-refractivity contribution >= 4 is 11.8 Å². The van der Waals surface area contributed by atoms with Crippen LogP contribution in [-0.4, -0.2) is 29.8 Å². The first kappa shape index (κ1) is 12.9. The fraction of sp³-hybridized carbons (Fsp3) is 0.769. The Morgan fingerprint density at radius 2 is 1.89 bits per heavy atom. The Morgan fingerprint density at radius 1 is 1.28 bits per heavy atom. The predicted octanol–water partition coefficient (Wildman–Crippen LogP) is 0.794. The van der Waals surface area contributed by atoms with Gasteiger partial charge in [-0.05, 0) is 12.8 Å². The van der Waals surface area contributed by atoms with Crippen LogP contribution in [0.15, 0.2) is 0 Å². The van der Waals surface area contributed by atoms with E-state index in [-0.39, 0.29) is 24.2 Å². The maximum atomic E-state index is 12.1. The minimum atomic E-state index is -0.632. The lowest BCUT2D eigenvalue weighted by atomic mass is 9.71.